The van der Waals surface area contributed by atoms with E-state index in [1.165, 1.54) is 0 Å². The second-order valence-electron chi connectivity index (χ2n) is 5.25. The fourth-order valence-electron chi connectivity index (χ4n) is 2.57. The molecule has 0 unspecified atom stereocenters. The van der Waals surface area contributed by atoms with Crippen molar-refractivity contribution in [1.82, 2.24) is 10.3 Å². The third kappa shape index (κ3) is 1.96. The predicted octanol–water partition coefficient (Wildman–Crippen LogP) is 1.39. The maximum absolute atomic E-state index is 12.3. The summed E-state index contributed by atoms with van der Waals surface area (Å²) in [5, 5.41) is 13.2. The molecule has 1 amide bonds. The van der Waals surface area contributed by atoms with E-state index in [-0.39, 0.29) is 12.5 Å². The number of nitrogens with one attached hydrogen (secondary N) is 2. The number of fused-ring (bicyclic) bond motifs is 1. The molecule has 2 aromatic rings. The zero-order valence-electron chi connectivity index (χ0n) is 10.6. The number of rotatable bonds is 3. The van der Waals surface area contributed by atoms with Crippen LogP contribution in [0.3, 0.4) is 0 Å². The smallest absolute Gasteiger partial charge is 0.253 e. The molecule has 1 aliphatic rings. The number of amides is 1. The van der Waals surface area contributed by atoms with Crippen molar-refractivity contribution >= 4 is 22.5 Å². The molecule has 1 fully saturated rings. The largest absolute Gasteiger partial charge is 0.399 e. The summed E-state index contributed by atoms with van der Waals surface area (Å²) in [6, 6.07) is 5.41. The average molecular weight is 259 g/mol. The molecule has 1 saturated carbocycles. The van der Waals surface area contributed by atoms with Gasteiger partial charge < -0.3 is 21.1 Å². The van der Waals surface area contributed by atoms with Gasteiger partial charge in [-0.2, -0.15) is 0 Å². The lowest BCUT2D eigenvalue weighted by Crippen LogP contribution is -2.56. The van der Waals surface area contributed by atoms with E-state index in [2.05, 4.69) is 10.3 Å². The SMILES string of the molecule is Nc1ccc2c(C(=O)NC3(CO)CCC3)c[nH]c2c1. The van der Waals surface area contributed by atoms with Crippen molar-refractivity contribution in [2.24, 2.45) is 0 Å². The minimum absolute atomic E-state index is 0.00591. The Balaban J connectivity index is 1.89. The van der Waals surface area contributed by atoms with Gasteiger partial charge in [0, 0.05) is 22.8 Å². The summed E-state index contributed by atoms with van der Waals surface area (Å²) in [5.74, 6) is -0.148. The van der Waals surface area contributed by atoms with Crippen LogP contribution in [0, 0.1) is 0 Å². The van der Waals surface area contributed by atoms with Gasteiger partial charge in [0.1, 0.15) is 0 Å². The fourth-order valence-corrected chi connectivity index (χ4v) is 2.57. The van der Waals surface area contributed by atoms with E-state index in [0.29, 0.717) is 11.3 Å². The number of benzene rings is 1. The first-order valence-electron chi connectivity index (χ1n) is 6.44. The molecule has 100 valence electrons. The van der Waals surface area contributed by atoms with Crippen LogP contribution in [0.5, 0.6) is 0 Å². The van der Waals surface area contributed by atoms with E-state index in [1.807, 2.05) is 6.07 Å². The Bertz CT molecular complexity index is 623. The van der Waals surface area contributed by atoms with Gasteiger partial charge in [-0.1, -0.05) is 0 Å². The first-order valence-corrected chi connectivity index (χ1v) is 6.44. The first kappa shape index (κ1) is 12.0. The van der Waals surface area contributed by atoms with Crippen molar-refractivity contribution < 1.29 is 9.90 Å². The Hall–Kier alpha value is -2.01. The Morgan fingerprint density at radius 3 is 2.89 bits per heavy atom. The van der Waals surface area contributed by atoms with Gasteiger partial charge >= 0.3 is 0 Å². The van der Waals surface area contributed by atoms with Crippen LogP contribution in [0.25, 0.3) is 10.9 Å². The van der Waals surface area contributed by atoms with Crippen LogP contribution in [0.1, 0.15) is 29.6 Å². The molecule has 0 atom stereocenters. The van der Waals surface area contributed by atoms with Gasteiger partial charge in [0.25, 0.3) is 5.91 Å². The highest BCUT2D eigenvalue weighted by Crippen LogP contribution is 2.32. The van der Waals surface area contributed by atoms with Crippen LogP contribution >= 0.6 is 0 Å². The van der Waals surface area contributed by atoms with Gasteiger partial charge in [-0.15, -0.1) is 0 Å². The number of carbonyl (C=O) groups excluding carboxylic acids is 1. The fraction of sp³-hybridized carbons (Fsp3) is 0.357. The summed E-state index contributed by atoms with van der Waals surface area (Å²) in [7, 11) is 0. The highest BCUT2D eigenvalue weighted by molar-refractivity contribution is 6.07. The van der Waals surface area contributed by atoms with Crippen molar-refractivity contribution in [2.75, 3.05) is 12.3 Å². The van der Waals surface area contributed by atoms with Crippen molar-refractivity contribution in [3.05, 3.63) is 30.0 Å². The molecular formula is C14H17N3O2. The lowest BCUT2D eigenvalue weighted by molar-refractivity contribution is 0.0643. The Labute approximate surface area is 110 Å². The molecule has 0 aliphatic heterocycles. The maximum atomic E-state index is 12.3. The molecule has 19 heavy (non-hydrogen) atoms. The molecule has 1 aromatic heterocycles. The molecule has 0 bridgehead atoms. The van der Waals surface area contributed by atoms with Crippen LogP contribution < -0.4 is 11.1 Å². The number of aromatic nitrogens is 1. The van der Waals surface area contributed by atoms with E-state index in [4.69, 9.17) is 5.73 Å². The number of nitrogens with two attached hydrogens (primary N) is 1. The van der Waals surface area contributed by atoms with Crippen molar-refractivity contribution in [2.45, 2.75) is 24.8 Å². The highest BCUT2D eigenvalue weighted by atomic mass is 16.3. The maximum Gasteiger partial charge on any atom is 0.253 e. The highest BCUT2D eigenvalue weighted by Gasteiger charge is 2.38. The van der Waals surface area contributed by atoms with Gasteiger partial charge in [-0.25, -0.2) is 0 Å². The summed E-state index contributed by atoms with van der Waals surface area (Å²) in [4.78, 5) is 15.3. The van der Waals surface area contributed by atoms with Crippen LogP contribution in [-0.4, -0.2) is 28.1 Å². The summed E-state index contributed by atoms with van der Waals surface area (Å²) in [5.41, 5.74) is 7.38. The van der Waals surface area contributed by atoms with E-state index < -0.39 is 5.54 Å². The lowest BCUT2D eigenvalue weighted by Gasteiger charge is -2.40. The minimum Gasteiger partial charge on any atom is -0.399 e. The summed E-state index contributed by atoms with van der Waals surface area (Å²) in [6.45, 7) is -0.00591. The number of aromatic amines is 1. The number of nitrogen functional groups attached to an aromatic ring is 1. The summed E-state index contributed by atoms with van der Waals surface area (Å²) in [6.07, 6.45) is 4.41. The molecular weight excluding hydrogens is 242 g/mol. The summed E-state index contributed by atoms with van der Waals surface area (Å²) >= 11 is 0. The van der Waals surface area contributed by atoms with Gasteiger partial charge in [0.15, 0.2) is 0 Å². The minimum atomic E-state index is -0.422. The molecule has 0 saturated heterocycles. The number of H-pyrrole nitrogens is 1. The molecule has 5 N–H and O–H groups in total. The Morgan fingerprint density at radius 2 is 2.26 bits per heavy atom. The van der Waals surface area contributed by atoms with Crippen molar-refractivity contribution in [3.8, 4) is 0 Å². The number of aliphatic hydroxyl groups is 1. The molecule has 5 heteroatoms. The van der Waals surface area contributed by atoms with E-state index in [0.717, 1.165) is 30.2 Å². The van der Waals surface area contributed by atoms with Gasteiger partial charge in [0.05, 0.1) is 17.7 Å². The molecule has 1 aromatic carbocycles. The number of hydrogen-bond donors (Lipinski definition) is 4. The third-order valence-corrected chi connectivity index (χ3v) is 3.94. The first-order chi connectivity index (χ1) is 9.13. The van der Waals surface area contributed by atoms with Crippen LogP contribution in [0.2, 0.25) is 0 Å². The quantitative estimate of drug-likeness (QED) is 0.628. The normalized spacial score (nSPS) is 17.1. The predicted molar refractivity (Wildman–Crippen MR) is 73.8 cm³/mol. The van der Waals surface area contributed by atoms with Crippen LogP contribution in [0.15, 0.2) is 24.4 Å². The Morgan fingerprint density at radius 1 is 1.47 bits per heavy atom. The number of carbonyl (C=O) groups is 1. The number of anilines is 1. The number of aliphatic hydroxyl groups excluding tert-OH is 1. The topological polar surface area (TPSA) is 91.1 Å². The van der Waals surface area contributed by atoms with Gasteiger partial charge in [0.2, 0.25) is 0 Å². The van der Waals surface area contributed by atoms with Gasteiger partial charge in [-0.05, 0) is 37.5 Å². The zero-order chi connectivity index (χ0) is 13.5. The van der Waals surface area contributed by atoms with Crippen LogP contribution in [-0.2, 0) is 0 Å². The molecule has 0 spiro atoms. The molecule has 3 rings (SSSR count). The monoisotopic (exact) mass is 259 g/mol. The van der Waals surface area contributed by atoms with Crippen molar-refractivity contribution in [3.63, 3.8) is 0 Å². The molecule has 1 heterocycles. The van der Waals surface area contributed by atoms with Gasteiger partial charge in [-0.3, -0.25) is 4.79 Å². The average Bonchev–Trinajstić information content (AvgIpc) is 2.76. The van der Waals surface area contributed by atoms with Crippen LogP contribution in [0.4, 0.5) is 5.69 Å². The second kappa shape index (κ2) is 4.28. The lowest BCUT2D eigenvalue weighted by atomic mass is 9.77. The number of hydrogen-bond acceptors (Lipinski definition) is 3. The van der Waals surface area contributed by atoms with E-state index in [9.17, 15) is 9.90 Å². The summed E-state index contributed by atoms with van der Waals surface area (Å²) < 4.78 is 0. The molecule has 1 aliphatic carbocycles. The van der Waals surface area contributed by atoms with Crippen molar-refractivity contribution in [1.29, 1.82) is 0 Å². The zero-order valence-corrected chi connectivity index (χ0v) is 10.6. The standard InChI is InChI=1S/C14H17N3O2/c15-9-2-3-10-11(7-16-12(10)6-9)13(19)17-14(8-18)4-1-5-14/h2-3,6-7,16,18H,1,4-5,8,15H2,(H,17,19). The Kier molecular flexibility index (Phi) is 2.71. The third-order valence-electron chi connectivity index (χ3n) is 3.94. The van der Waals surface area contributed by atoms with E-state index >= 15 is 0 Å². The molecule has 0 radical (unpaired) electrons. The van der Waals surface area contributed by atoms with E-state index in [1.54, 1.807) is 18.3 Å². The molecule has 5 nitrogen and oxygen atoms in total. The second-order valence-corrected chi connectivity index (χ2v) is 5.25.